The Morgan fingerprint density at radius 2 is 1.36 bits per heavy atom. The van der Waals surface area contributed by atoms with E-state index in [1.807, 2.05) is 0 Å². The summed E-state index contributed by atoms with van der Waals surface area (Å²) in [5.41, 5.74) is 5.47. The summed E-state index contributed by atoms with van der Waals surface area (Å²) in [6.45, 7) is 21.7. The average Bonchev–Trinajstić information content (AvgIpc) is 3.34. The van der Waals surface area contributed by atoms with Crippen molar-refractivity contribution >= 4 is 0 Å². The third kappa shape index (κ3) is 7.41. The summed E-state index contributed by atoms with van der Waals surface area (Å²) in [5.74, 6) is 0. The van der Waals surface area contributed by atoms with Gasteiger partial charge in [0, 0.05) is 12.8 Å². The highest BCUT2D eigenvalue weighted by Gasteiger charge is 2.75. The van der Waals surface area contributed by atoms with Crippen LogP contribution in [0.3, 0.4) is 0 Å². The zero-order valence-corrected chi connectivity index (χ0v) is 29.0. The van der Waals surface area contributed by atoms with E-state index in [1.165, 1.54) is 27.9 Å². The van der Waals surface area contributed by atoms with Gasteiger partial charge in [-0.25, -0.2) is 0 Å². The number of allylic oxidation sites excluding steroid dienone is 13. The topological polar surface area (TPSA) is 62.2 Å². The molecule has 6 atom stereocenters. The first kappa shape index (κ1) is 34.6. The molecule has 2 aliphatic carbocycles. The lowest BCUT2D eigenvalue weighted by Gasteiger charge is -2.44. The Bertz CT molecular complexity index is 1330. The van der Waals surface area contributed by atoms with Gasteiger partial charge in [-0.05, 0) is 95.3 Å². The van der Waals surface area contributed by atoms with Crippen LogP contribution in [0, 0.1) is 10.8 Å². The first-order valence-corrected chi connectivity index (χ1v) is 16.6. The quantitative estimate of drug-likeness (QED) is 0.149. The monoisotopic (exact) mass is 602 g/mol. The maximum Gasteiger partial charge on any atom is 0.103 e. The fourth-order valence-corrected chi connectivity index (χ4v) is 8.39. The van der Waals surface area contributed by atoms with Crippen LogP contribution in [0.2, 0.25) is 0 Å². The van der Waals surface area contributed by atoms with Crippen molar-refractivity contribution in [2.45, 2.75) is 143 Å². The van der Waals surface area contributed by atoms with Crippen LogP contribution in [0.1, 0.15) is 108 Å². The molecule has 4 nitrogen and oxygen atoms in total. The molecule has 0 amide bonds. The largest absolute Gasteiger partial charge is 0.393 e. The predicted octanol–water partition coefficient (Wildman–Crippen LogP) is 9.19. The molecule has 2 saturated carbocycles. The average molecular weight is 603 g/mol. The molecule has 4 aliphatic rings. The number of hydrogen-bond donors (Lipinski definition) is 2. The van der Waals surface area contributed by atoms with E-state index in [-0.39, 0.29) is 45.9 Å². The van der Waals surface area contributed by atoms with E-state index in [9.17, 15) is 10.2 Å². The van der Waals surface area contributed by atoms with Gasteiger partial charge in [0.2, 0.25) is 0 Å². The van der Waals surface area contributed by atoms with E-state index in [2.05, 4.69) is 136 Å². The van der Waals surface area contributed by atoms with Crippen LogP contribution < -0.4 is 0 Å². The summed E-state index contributed by atoms with van der Waals surface area (Å²) < 4.78 is 12.8. The lowest BCUT2D eigenvalue weighted by Crippen LogP contribution is -2.47. The van der Waals surface area contributed by atoms with Crippen molar-refractivity contribution in [3.8, 4) is 0 Å². The Labute approximate surface area is 267 Å². The predicted molar refractivity (Wildman–Crippen MR) is 183 cm³/mol. The van der Waals surface area contributed by atoms with Gasteiger partial charge in [-0.2, -0.15) is 0 Å². The molecule has 2 aliphatic heterocycles. The van der Waals surface area contributed by atoms with E-state index in [0.717, 1.165) is 32.1 Å². The molecule has 4 rings (SSSR count). The van der Waals surface area contributed by atoms with Crippen molar-refractivity contribution in [2.24, 2.45) is 10.8 Å². The second-order valence-corrected chi connectivity index (χ2v) is 15.7. The molecule has 1 saturated heterocycles. The molecule has 0 aromatic rings. The first-order valence-electron chi connectivity index (χ1n) is 16.6. The zero-order chi connectivity index (χ0) is 32.6. The molecule has 0 spiro atoms. The van der Waals surface area contributed by atoms with Crippen molar-refractivity contribution < 1.29 is 19.7 Å². The number of ether oxygens (including phenoxy) is 2. The van der Waals surface area contributed by atoms with Gasteiger partial charge in [0.1, 0.15) is 5.60 Å². The summed E-state index contributed by atoms with van der Waals surface area (Å²) in [6, 6.07) is 0. The van der Waals surface area contributed by atoms with E-state index in [4.69, 9.17) is 9.47 Å². The van der Waals surface area contributed by atoms with Crippen LogP contribution in [-0.4, -0.2) is 45.3 Å². The summed E-state index contributed by atoms with van der Waals surface area (Å²) >= 11 is 0. The minimum Gasteiger partial charge on any atom is -0.393 e. The Balaban J connectivity index is 1.24. The maximum absolute atomic E-state index is 10.4. The number of epoxide rings is 1. The highest BCUT2D eigenvalue weighted by molar-refractivity contribution is 5.37. The number of hydrogen-bond acceptors (Lipinski definition) is 4. The summed E-state index contributed by atoms with van der Waals surface area (Å²) in [7, 11) is 0. The molecule has 0 radical (unpaired) electrons. The molecular weight excluding hydrogens is 544 g/mol. The Hall–Kier alpha value is -2.24. The van der Waals surface area contributed by atoms with Crippen LogP contribution in [-0.2, 0) is 9.47 Å². The van der Waals surface area contributed by atoms with Crippen molar-refractivity contribution in [1.29, 1.82) is 0 Å². The van der Waals surface area contributed by atoms with Gasteiger partial charge in [-0.15, -0.1) is 0 Å². The fourth-order valence-electron chi connectivity index (χ4n) is 8.39. The highest BCUT2D eigenvalue weighted by atomic mass is 16.6. The molecule has 0 bridgehead atoms. The molecular formula is C40H58O4. The van der Waals surface area contributed by atoms with Gasteiger partial charge in [0.25, 0.3) is 0 Å². The molecule has 2 heterocycles. The second-order valence-electron chi connectivity index (χ2n) is 15.7. The Morgan fingerprint density at radius 1 is 0.773 bits per heavy atom. The normalized spacial score (nSPS) is 37.5. The van der Waals surface area contributed by atoms with Crippen molar-refractivity contribution in [2.75, 3.05) is 0 Å². The molecule has 2 N–H and O–H groups in total. The third-order valence-corrected chi connectivity index (χ3v) is 10.7. The van der Waals surface area contributed by atoms with Gasteiger partial charge >= 0.3 is 0 Å². The molecule has 44 heavy (non-hydrogen) atoms. The fraction of sp³-hybridized carbons (Fsp3) is 0.600. The lowest BCUT2D eigenvalue weighted by molar-refractivity contribution is -0.0683. The van der Waals surface area contributed by atoms with E-state index >= 15 is 0 Å². The standard InChI is InChI=1S/C40H58O4/c1-28(17-13-18-30(3)21-22-40-37(7,8)25-33(42)27-39(40,10)44-40)15-11-12-16-29(2)19-14-20-31(4)34-23-35-36(5,6)24-32(41)26-38(35,9)43-34/h11-20,23,32-34,41-42H,21-22,24-27H2,1-10H3/b12-11+,17-13+,19-14+,28-15+,29-16+,30-18+,31-20+/t32-,33-,34-,38+,39+,40-/m0/s1. The minimum absolute atomic E-state index is 0.0110. The molecule has 3 fully saturated rings. The van der Waals surface area contributed by atoms with Crippen LogP contribution in [0.15, 0.2) is 94.7 Å². The van der Waals surface area contributed by atoms with Gasteiger partial charge in [0.05, 0.1) is 29.5 Å². The third-order valence-electron chi connectivity index (χ3n) is 10.7. The Morgan fingerprint density at radius 3 is 1.98 bits per heavy atom. The van der Waals surface area contributed by atoms with E-state index in [1.54, 1.807) is 0 Å². The summed E-state index contributed by atoms with van der Waals surface area (Å²) in [6.07, 6.45) is 27.9. The minimum atomic E-state index is -0.382. The van der Waals surface area contributed by atoms with Gasteiger partial charge in [-0.1, -0.05) is 105 Å². The van der Waals surface area contributed by atoms with Crippen LogP contribution in [0.5, 0.6) is 0 Å². The Kier molecular flexibility index (Phi) is 10.1. The SMILES string of the molecule is CC(/C=C/C=C(\C)CC[C@@]12O[C@]1(C)C[C@@H](O)CC2(C)C)=C\C=C\C=C(C)\C=C\C=C(/C)[C@@H]1C=C2C(C)(C)C[C@H](O)C[C@@]2(C)O1. The number of aliphatic hydroxyl groups excluding tert-OH is 2. The molecule has 0 aromatic heterocycles. The summed E-state index contributed by atoms with van der Waals surface area (Å²) in [5, 5.41) is 20.7. The van der Waals surface area contributed by atoms with Gasteiger partial charge < -0.3 is 19.7 Å². The van der Waals surface area contributed by atoms with Crippen molar-refractivity contribution in [1.82, 2.24) is 0 Å². The van der Waals surface area contributed by atoms with Crippen LogP contribution in [0.4, 0.5) is 0 Å². The number of rotatable bonds is 10. The smallest absolute Gasteiger partial charge is 0.103 e. The van der Waals surface area contributed by atoms with E-state index < -0.39 is 0 Å². The van der Waals surface area contributed by atoms with E-state index in [0.29, 0.717) is 6.42 Å². The molecule has 0 unspecified atom stereocenters. The van der Waals surface area contributed by atoms with Crippen molar-refractivity contribution in [3.05, 3.63) is 94.7 Å². The number of fused-ring (bicyclic) bond motifs is 2. The van der Waals surface area contributed by atoms with Crippen molar-refractivity contribution in [3.63, 3.8) is 0 Å². The molecule has 4 heteroatoms. The second kappa shape index (κ2) is 12.9. The zero-order valence-electron chi connectivity index (χ0n) is 29.0. The first-order chi connectivity index (χ1) is 20.4. The lowest BCUT2D eigenvalue weighted by atomic mass is 9.61. The molecule has 0 aromatic carbocycles. The number of aliphatic hydroxyl groups is 2. The molecule has 242 valence electrons. The van der Waals surface area contributed by atoms with Gasteiger partial charge in [-0.3, -0.25) is 0 Å². The van der Waals surface area contributed by atoms with Crippen LogP contribution >= 0.6 is 0 Å². The highest BCUT2D eigenvalue weighted by Crippen LogP contribution is 2.67. The maximum atomic E-state index is 10.4. The summed E-state index contributed by atoms with van der Waals surface area (Å²) in [4.78, 5) is 0. The van der Waals surface area contributed by atoms with Gasteiger partial charge in [0.15, 0.2) is 0 Å². The van der Waals surface area contributed by atoms with Crippen LogP contribution in [0.25, 0.3) is 0 Å².